The number of carbonyl (C=O) groups is 5. The quantitative estimate of drug-likeness (QED) is 0.129. The number of carboxylic acids is 4. The molecule has 0 saturated carbocycles. The summed E-state index contributed by atoms with van der Waals surface area (Å²) in [6.07, 6.45) is -0.825. The van der Waals surface area contributed by atoms with Crippen LogP contribution in [0.25, 0.3) is 6.08 Å². The molecule has 14 nitrogen and oxygen atoms in total. The highest BCUT2D eigenvalue weighted by Gasteiger charge is 2.33. The number of nitrogens with zero attached hydrogens (tertiary/aromatic N) is 1. The average Bonchev–Trinajstić information content (AvgIpc) is 3.08. The zero-order valence-electron chi connectivity index (χ0n) is 15.5. The number of hydrogen-bond acceptors (Lipinski definition) is 9. The summed E-state index contributed by atoms with van der Waals surface area (Å²) in [6.45, 7) is 0. The fourth-order valence-electron chi connectivity index (χ4n) is 2.28. The van der Waals surface area contributed by atoms with Gasteiger partial charge in [-0.1, -0.05) is 6.07 Å². The van der Waals surface area contributed by atoms with Crippen LogP contribution < -0.4 is 4.84 Å². The van der Waals surface area contributed by atoms with E-state index in [-0.39, 0.29) is 10.3 Å². The molecule has 0 amide bonds. The summed E-state index contributed by atoms with van der Waals surface area (Å²) in [5, 5.41) is 55.3. The van der Waals surface area contributed by atoms with Gasteiger partial charge in [0.1, 0.15) is 0 Å². The summed E-state index contributed by atoms with van der Waals surface area (Å²) >= 11 is 0. The largest absolute Gasteiger partial charge is 0.504 e. The maximum absolute atomic E-state index is 11.9. The van der Waals surface area contributed by atoms with E-state index in [2.05, 4.69) is 4.74 Å². The molecule has 32 heavy (non-hydrogen) atoms. The van der Waals surface area contributed by atoms with E-state index >= 15 is 0 Å². The number of phenolic OH excluding ortho intramolecular Hbond substituents is 2. The molecule has 0 bridgehead atoms. The number of rotatable bonds is 9. The third-order valence-corrected chi connectivity index (χ3v) is 3.65. The molecule has 14 heteroatoms. The summed E-state index contributed by atoms with van der Waals surface area (Å²) in [4.78, 5) is 61.9. The number of aromatic carboxylic acids is 3. The first-order valence-electron chi connectivity index (χ1n) is 8.18. The van der Waals surface area contributed by atoms with E-state index in [9.17, 15) is 44.4 Å². The van der Waals surface area contributed by atoms with Crippen molar-refractivity contribution < 1.29 is 64.2 Å². The minimum Gasteiger partial charge on any atom is -0.504 e. The van der Waals surface area contributed by atoms with Crippen LogP contribution in [-0.4, -0.2) is 71.5 Å². The molecular weight excluding hydrogens is 438 g/mol. The van der Waals surface area contributed by atoms with Crippen molar-refractivity contribution in [2.45, 2.75) is 6.29 Å². The molecule has 0 aliphatic heterocycles. The highest BCUT2D eigenvalue weighted by Crippen LogP contribution is 2.25. The van der Waals surface area contributed by atoms with Gasteiger partial charge in [-0.15, -0.1) is 0 Å². The van der Waals surface area contributed by atoms with Crippen molar-refractivity contribution >= 4 is 35.9 Å². The molecule has 168 valence electrons. The lowest BCUT2D eigenvalue weighted by atomic mass is 10.2. The molecule has 0 aliphatic rings. The van der Waals surface area contributed by atoms with Crippen LogP contribution in [0, 0.1) is 0 Å². The van der Waals surface area contributed by atoms with Crippen LogP contribution in [0.1, 0.15) is 36.9 Å². The first kappa shape index (κ1) is 23.3. The van der Waals surface area contributed by atoms with Crippen LogP contribution in [0.4, 0.5) is 0 Å². The Kier molecular flexibility index (Phi) is 6.69. The van der Waals surface area contributed by atoms with Gasteiger partial charge in [0.2, 0.25) is 0 Å². The van der Waals surface area contributed by atoms with E-state index in [1.807, 2.05) is 0 Å². The van der Waals surface area contributed by atoms with Crippen molar-refractivity contribution in [2.75, 3.05) is 0 Å². The van der Waals surface area contributed by atoms with E-state index in [4.69, 9.17) is 15.1 Å². The Morgan fingerprint density at radius 1 is 0.875 bits per heavy atom. The summed E-state index contributed by atoms with van der Waals surface area (Å²) in [6, 6.07) is 3.88. The zero-order chi connectivity index (χ0) is 24.2. The lowest BCUT2D eigenvalue weighted by molar-refractivity contribution is -0.194. The maximum Gasteiger partial charge on any atom is 0.389 e. The van der Waals surface area contributed by atoms with E-state index < -0.39 is 64.6 Å². The smallest absolute Gasteiger partial charge is 0.389 e. The van der Waals surface area contributed by atoms with Gasteiger partial charge < -0.3 is 40.2 Å². The van der Waals surface area contributed by atoms with Gasteiger partial charge in [0.25, 0.3) is 0 Å². The number of aromatic nitrogens is 1. The monoisotopic (exact) mass is 451 g/mol. The molecule has 2 rings (SSSR count). The lowest BCUT2D eigenvalue weighted by Gasteiger charge is -2.17. The first-order chi connectivity index (χ1) is 14.9. The van der Waals surface area contributed by atoms with E-state index in [1.165, 1.54) is 6.07 Å². The maximum atomic E-state index is 11.9. The second-order valence-corrected chi connectivity index (χ2v) is 5.80. The average molecular weight is 451 g/mol. The molecule has 1 unspecified atom stereocenters. The summed E-state index contributed by atoms with van der Waals surface area (Å²) in [7, 11) is 0. The Hall–Kier alpha value is -5.01. The van der Waals surface area contributed by atoms with Crippen LogP contribution in [0.15, 0.2) is 30.3 Å². The van der Waals surface area contributed by atoms with Crippen molar-refractivity contribution in [3.63, 3.8) is 0 Å². The minimum absolute atomic E-state index is 0.0953. The normalized spacial score (nSPS) is 11.6. The molecule has 1 aromatic carbocycles. The zero-order valence-corrected chi connectivity index (χ0v) is 15.5. The summed E-state index contributed by atoms with van der Waals surface area (Å²) in [5.41, 5.74) is -3.11. The molecule has 0 spiro atoms. The van der Waals surface area contributed by atoms with Crippen LogP contribution >= 0.6 is 0 Å². The third-order valence-electron chi connectivity index (χ3n) is 3.65. The van der Waals surface area contributed by atoms with Crippen molar-refractivity contribution in [1.29, 1.82) is 0 Å². The number of esters is 1. The molecule has 1 aromatic heterocycles. The fourth-order valence-corrected chi connectivity index (χ4v) is 2.28. The number of carboxylic acid groups (broad SMARTS) is 4. The van der Waals surface area contributed by atoms with Crippen LogP contribution in [0.2, 0.25) is 0 Å². The van der Waals surface area contributed by atoms with E-state index in [0.29, 0.717) is 12.1 Å². The summed E-state index contributed by atoms with van der Waals surface area (Å²) < 4.78 is 4.42. The van der Waals surface area contributed by atoms with Gasteiger partial charge in [-0.3, -0.25) is 0 Å². The predicted molar refractivity (Wildman–Crippen MR) is 98.2 cm³/mol. The van der Waals surface area contributed by atoms with Gasteiger partial charge in [0, 0.05) is 6.08 Å². The van der Waals surface area contributed by atoms with Crippen molar-refractivity contribution in [2.24, 2.45) is 0 Å². The number of carbonyl (C=O) groups excluding carboxylic acids is 1. The fraction of sp³-hybridized carbons (Fsp3) is 0.0556. The number of aromatic hydroxyl groups is 2. The number of benzene rings is 1. The minimum atomic E-state index is -2.58. The predicted octanol–water partition coefficient (Wildman–Crippen LogP) is 0.0898. The Labute approximate surface area is 176 Å². The third kappa shape index (κ3) is 5.12. The standard InChI is InChI=1S/C18H13NO13/c20-10-3-1-7(5-11(10)21)2-4-12(22)31-18(17(29)30)32-19-9(15(25)26)6-8(14(23)24)13(19)16(27)28/h1-6,18,20-21H,(H,23,24)(H,25,26)(H,27,28)(H,29,30)/b4-2+. The second kappa shape index (κ2) is 9.21. The number of ether oxygens (including phenoxy) is 1. The Morgan fingerprint density at radius 3 is 2.03 bits per heavy atom. The second-order valence-electron chi connectivity index (χ2n) is 5.80. The molecule has 0 radical (unpaired) electrons. The van der Waals surface area contributed by atoms with Crippen molar-refractivity contribution in [1.82, 2.24) is 4.73 Å². The van der Waals surface area contributed by atoms with Crippen LogP contribution in [0.5, 0.6) is 11.5 Å². The van der Waals surface area contributed by atoms with Crippen LogP contribution in [0.3, 0.4) is 0 Å². The lowest BCUT2D eigenvalue weighted by Crippen LogP contribution is -2.39. The molecular formula is C18H13NO13. The van der Waals surface area contributed by atoms with Gasteiger partial charge in [-0.2, -0.15) is 4.73 Å². The molecule has 0 aliphatic carbocycles. The van der Waals surface area contributed by atoms with Gasteiger partial charge in [-0.05, 0) is 29.8 Å². The number of phenols is 2. The van der Waals surface area contributed by atoms with Gasteiger partial charge in [0.15, 0.2) is 22.9 Å². The number of aliphatic carboxylic acids is 1. The van der Waals surface area contributed by atoms with Gasteiger partial charge >= 0.3 is 36.1 Å². The topological polar surface area (TPSA) is 230 Å². The van der Waals surface area contributed by atoms with Crippen molar-refractivity contribution in [3.05, 3.63) is 52.9 Å². The van der Waals surface area contributed by atoms with Crippen LogP contribution in [-0.2, 0) is 14.3 Å². The summed E-state index contributed by atoms with van der Waals surface area (Å²) in [5.74, 6) is -9.91. The van der Waals surface area contributed by atoms with Crippen molar-refractivity contribution in [3.8, 4) is 11.5 Å². The molecule has 0 saturated heterocycles. The molecule has 6 N–H and O–H groups in total. The van der Waals surface area contributed by atoms with E-state index in [0.717, 1.165) is 18.2 Å². The first-order valence-corrected chi connectivity index (χ1v) is 8.18. The molecule has 1 heterocycles. The Balaban J connectivity index is 2.33. The van der Waals surface area contributed by atoms with E-state index in [1.54, 1.807) is 0 Å². The van der Waals surface area contributed by atoms with Gasteiger partial charge in [0.05, 0.1) is 5.56 Å². The highest BCUT2D eigenvalue weighted by molar-refractivity contribution is 6.03. The molecule has 0 fully saturated rings. The molecule has 1 atom stereocenters. The van der Waals surface area contributed by atoms with Gasteiger partial charge in [-0.25, -0.2) is 24.0 Å². The molecule has 2 aromatic rings. The highest BCUT2D eigenvalue weighted by atomic mass is 16.8. The number of hydrogen-bond donors (Lipinski definition) is 6. The Bertz CT molecular complexity index is 1140. The Morgan fingerprint density at radius 2 is 1.53 bits per heavy atom. The SMILES string of the molecule is O=C(/C=C/c1ccc(O)c(O)c1)OC(On1c(C(=O)O)cc(C(=O)O)c1C(=O)O)C(=O)O.